The Hall–Kier alpha value is -0.300. The van der Waals surface area contributed by atoms with Crippen LogP contribution in [0.3, 0.4) is 0 Å². The lowest BCUT2D eigenvalue weighted by atomic mass is 10.00. The number of benzene rings is 1. The van der Waals surface area contributed by atoms with Gasteiger partial charge in [-0.3, -0.25) is 0 Å². The molecule has 15 heavy (non-hydrogen) atoms. The van der Waals surface area contributed by atoms with Crippen molar-refractivity contribution in [1.82, 2.24) is 0 Å². The third-order valence-corrected chi connectivity index (χ3v) is 3.94. The van der Waals surface area contributed by atoms with Gasteiger partial charge in [-0.15, -0.1) is 0 Å². The predicted octanol–water partition coefficient (Wildman–Crippen LogP) is 4.92. The quantitative estimate of drug-likeness (QED) is 0.666. The molecule has 1 atom stereocenters. The van der Waals surface area contributed by atoms with Gasteiger partial charge < -0.3 is 0 Å². The number of halogens is 1. The molecule has 1 rings (SSSR count). The molecule has 0 aliphatic rings. The van der Waals surface area contributed by atoms with Crippen molar-refractivity contribution in [2.75, 3.05) is 0 Å². The molecule has 1 aromatic carbocycles. The van der Waals surface area contributed by atoms with Crippen LogP contribution >= 0.6 is 15.9 Å². The summed E-state index contributed by atoms with van der Waals surface area (Å²) < 4.78 is 0. The molecule has 0 nitrogen and oxygen atoms in total. The van der Waals surface area contributed by atoms with Crippen LogP contribution in [0.25, 0.3) is 0 Å². The molecule has 1 aromatic rings. The van der Waals surface area contributed by atoms with E-state index < -0.39 is 0 Å². The minimum atomic E-state index is 0.638. The second-order valence-electron chi connectivity index (χ2n) is 4.44. The molecule has 0 saturated heterocycles. The lowest BCUT2D eigenvalue weighted by Gasteiger charge is -2.08. The maximum Gasteiger partial charge on any atom is 0.0146 e. The molecule has 0 spiro atoms. The first kappa shape index (κ1) is 12.8. The normalized spacial score (nSPS) is 13.1. The second-order valence-corrected chi connectivity index (χ2v) is 5.74. The summed E-state index contributed by atoms with van der Waals surface area (Å²) in [6, 6.07) is 9.06. The van der Waals surface area contributed by atoms with Gasteiger partial charge in [-0.1, -0.05) is 61.0 Å². The molecule has 1 unspecified atom stereocenters. The van der Waals surface area contributed by atoms with E-state index in [1.807, 2.05) is 0 Å². The average Bonchev–Trinajstić information content (AvgIpc) is 2.26. The van der Waals surface area contributed by atoms with Gasteiger partial charge in [0.25, 0.3) is 0 Å². The minimum absolute atomic E-state index is 0.638. The molecule has 84 valence electrons. The topological polar surface area (TPSA) is 0 Å². The Bertz CT molecular complexity index is 274. The van der Waals surface area contributed by atoms with Crippen molar-refractivity contribution in [2.45, 2.75) is 50.8 Å². The van der Waals surface area contributed by atoms with Crippen molar-refractivity contribution in [1.29, 1.82) is 0 Å². The van der Waals surface area contributed by atoms with Crippen molar-refractivity contribution in [3.63, 3.8) is 0 Å². The van der Waals surface area contributed by atoms with Gasteiger partial charge in [0.1, 0.15) is 0 Å². The maximum absolute atomic E-state index is 3.67. The Morgan fingerprint density at radius 2 is 1.73 bits per heavy atom. The van der Waals surface area contributed by atoms with Crippen molar-refractivity contribution >= 4 is 15.9 Å². The van der Waals surface area contributed by atoms with Crippen LogP contribution < -0.4 is 0 Å². The highest BCUT2D eigenvalue weighted by Crippen LogP contribution is 2.17. The van der Waals surface area contributed by atoms with Gasteiger partial charge in [-0.2, -0.15) is 0 Å². The van der Waals surface area contributed by atoms with E-state index in [9.17, 15) is 0 Å². The molecular formula is C14H21Br. The highest BCUT2D eigenvalue weighted by atomic mass is 79.9. The zero-order valence-electron chi connectivity index (χ0n) is 9.96. The largest absolute Gasteiger partial charge is 0.0891 e. The Morgan fingerprint density at radius 3 is 2.20 bits per heavy atom. The third-order valence-electron chi connectivity index (χ3n) is 2.84. The molecule has 0 saturated carbocycles. The van der Waals surface area contributed by atoms with Gasteiger partial charge >= 0.3 is 0 Å². The van der Waals surface area contributed by atoms with Crippen molar-refractivity contribution in [3.8, 4) is 0 Å². The summed E-state index contributed by atoms with van der Waals surface area (Å²) in [4.78, 5) is 0.669. The third kappa shape index (κ3) is 4.38. The van der Waals surface area contributed by atoms with Gasteiger partial charge in [-0.25, -0.2) is 0 Å². The molecule has 0 bridgehead atoms. The van der Waals surface area contributed by atoms with Crippen molar-refractivity contribution in [3.05, 3.63) is 35.4 Å². The van der Waals surface area contributed by atoms with E-state index in [0.29, 0.717) is 10.7 Å². The Kier molecular flexibility index (Phi) is 5.38. The van der Waals surface area contributed by atoms with Gasteiger partial charge in [0.05, 0.1) is 0 Å². The van der Waals surface area contributed by atoms with Gasteiger partial charge in [-0.05, 0) is 36.3 Å². The Morgan fingerprint density at radius 1 is 1.13 bits per heavy atom. The van der Waals surface area contributed by atoms with Crippen LogP contribution in [-0.4, -0.2) is 4.83 Å². The van der Waals surface area contributed by atoms with E-state index in [1.165, 1.54) is 30.4 Å². The standard InChI is InChI=1S/C14H21Br/c1-4-14(15)10-7-12-5-8-13(9-6-12)11(2)3/h5-6,8-9,11,14H,4,7,10H2,1-3H3. The summed E-state index contributed by atoms with van der Waals surface area (Å²) in [6.45, 7) is 6.70. The van der Waals surface area contributed by atoms with Crippen LogP contribution in [-0.2, 0) is 6.42 Å². The number of rotatable bonds is 5. The van der Waals surface area contributed by atoms with Gasteiger partial charge in [0.2, 0.25) is 0 Å². The molecule has 0 amide bonds. The van der Waals surface area contributed by atoms with E-state index in [1.54, 1.807) is 0 Å². The monoisotopic (exact) mass is 268 g/mol. The molecule has 0 aromatic heterocycles. The van der Waals surface area contributed by atoms with Crippen LogP contribution in [0.4, 0.5) is 0 Å². The molecular weight excluding hydrogens is 248 g/mol. The fourth-order valence-electron chi connectivity index (χ4n) is 1.60. The first-order chi connectivity index (χ1) is 7.13. The van der Waals surface area contributed by atoms with Gasteiger partial charge in [0.15, 0.2) is 0 Å². The average molecular weight is 269 g/mol. The van der Waals surface area contributed by atoms with Crippen molar-refractivity contribution in [2.24, 2.45) is 0 Å². The number of alkyl halides is 1. The molecule has 0 heterocycles. The molecule has 0 N–H and O–H groups in total. The van der Waals surface area contributed by atoms with Crippen LogP contribution in [0.1, 0.15) is 50.7 Å². The highest BCUT2D eigenvalue weighted by Gasteiger charge is 2.02. The fourth-order valence-corrected chi connectivity index (χ4v) is 1.83. The summed E-state index contributed by atoms with van der Waals surface area (Å²) in [5, 5.41) is 0. The van der Waals surface area contributed by atoms with E-state index in [0.717, 1.165) is 0 Å². The zero-order chi connectivity index (χ0) is 11.3. The summed E-state index contributed by atoms with van der Waals surface area (Å²) >= 11 is 3.67. The van der Waals surface area contributed by atoms with Crippen LogP contribution in [0, 0.1) is 0 Å². The lowest BCUT2D eigenvalue weighted by molar-refractivity contribution is 0.745. The first-order valence-electron chi connectivity index (χ1n) is 5.86. The first-order valence-corrected chi connectivity index (χ1v) is 6.78. The molecule has 0 fully saturated rings. The Balaban J connectivity index is 2.50. The van der Waals surface area contributed by atoms with E-state index in [-0.39, 0.29) is 0 Å². The number of hydrogen-bond donors (Lipinski definition) is 0. The van der Waals surface area contributed by atoms with E-state index in [4.69, 9.17) is 0 Å². The molecule has 0 aliphatic heterocycles. The van der Waals surface area contributed by atoms with E-state index in [2.05, 4.69) is 61.0 Å². The minimum Gasteiger partial charge on any atom is -0.0891 e. The summed E-state index contributed by atoms with van der Waals surface area (Å²) in [7, 11) is 0. The number of aryl methyl sites for hydroxylation is 1. The SMILES string of the molecule is CCC(Br)CCc1ccc(C(C)C)cc1. The smallest absolute Gasteiger partial charge is 0.0146 e. The predicted molar refractivity (Wildman–Crippen MR) is 71.9 cm³/mol. The zero-order valence-corrected chi connectivity index (χ0v) is 11.5. The maximum atomic E-state index is 3.67. The molecule has 0 aliphatic carbocycles. The highest BCUT2D eigenvalue weighted by molar-refractivity contribution is 9.09. The van der Waals surface area contributed by atoms with Crippen LogP contribution in [0.15, 0.2) is 24.3 Å². The molecule has 0 radical (unpaired) electrons. The summed E-state index contributed by atoms with van der Waals surface area (Å²) in [5.41, 5.74) is 2.89. The van der Waals surface area contributed by atoms with Crippen molar-refractivity contribution < 1.29 is 0 Å². The number of hydrogen-bond acceptors (Lipinski definition) is 0. The second kappa shape index (κ2) is 6.32. The fraction of sp³-hybridized carbons (Fsp3) is 0.571. The van der Waals surface area contributed by atoms with E-state index >= 15 is 0 Å². The lowest BCUT2D eigenvalue weighted by Crippen LogP contribution is -1.98. The van der Waals surface area contributed by atoms with Crippen LogP contribution in [0.2, 0.25) is 0 Å². The van der Waals surface area contributed by atoms with Crippen LogP contribution in [0.5, 0.6) is 0 Å². The molecule has 1 heteroatoms. The Labute approximate surface area is 102 Å². The van der Waals surface area contributed by atoms with Gasteiger partial charge in [0, 0.05) is 4.83 Å². The summed E-state index contributed by atoms with van der Waals surface area (Å²) in [5.74, 6) is 0.638. The summed E-state index contributed by atoms with van der Waals surface area (Å²) in [6.07, 6.45) is 3.63.